The molecule has 0 radical (unpaired) electrons. The topological polar surface area (TPSA) is 75.4 Å². The van der Waals surface area contributed by atoms with Gasteiger partial charge in [0.1, 0.15) is 5.82 Å². The van der Waals surface area contributed by atoms with Gasteiger partial charge < -0.3 is 16.2 Å². The number of anilines is 2. The number of benzene rings is 2. The van der Waals surface area contributed by atoms with Crippen LogP contribution in [0.15, 0.2) is 30.3 Å². The number of phenolic OH excluding ortho intramolecular Hbond substituents is 1. The van der Waals surface area contributed by atoms with Crippen molar-refractivity contribution in [1.82, 2.24) is 0 Å². The Morgan fingerprint density at radius 1 is 1.25 bits per heavy atom. The first kappa shape index (κ1) is 14.4. The molecule has 0 aliphatic carbocycles. The van der Waals surface area contributed by atoms with Gasteiger partial charge in [0.15, 0.2) is 5.75 Å². The van der Waals surface area contributed by atoms with Crippen molar-refractivity contribution in [2.75, 3.05) is 11.1 Å². The summed E-state index contributed by atoms with van der Waals surface area (Å²) in [5.41, 5.74) is 5.49. The van der Waals surface area contributed by atoms with Gasteiger partial charge in [-0.2, -0.15) is 0 Å². The van der Waals surface area contributed by atoms with Crippen LogP contribution in [0.1, 0.15) is 10.4 Å². The van der Waals surface area contributed by atoms with Gasteiger partial charge in [-0.05, 0) is 24.3 Å². The van der Waals surface area contributed by atoms with Gasteiger partial charge in [-0.3, -0.25) is 4.79 Å². The maximum Gasteiger partial charge on any atom is 0.257 e. The van der Waals surface area contributed by atoms with E-state index in [1.807, 2.05) is 0 Å². The molecular weight excluding hydrogens is 306 g/mol. The first-order chi connectivity index (χ1) is 9.40. The van der Waals surface area contributed by atoms with Crippen LogP contribution in [0.4, 0.5) is 15.8 Å². The highest BCUT2D eigenvalue weighted by Crippen LogP contribution is 2.34. The van der Waals surface area contributed by atoms with Crippen LogP contribution in [-0.4, -0.2) is 11.0 Å². The third-order valence-corrected chi connectivity index (χ3v) is 3.15. The molecule has 2 aromatic rings. The van der Waals surface area contributed by atoms with Gasteiger partial charge in [0.25, 0.3) is 5.91 Å². The van der Waals surface area contributed by atoms with E-state index in [4.69, 9.17) is 28.9 Å². The van der Waals surface area contributed by atoms with Crippen molar-refractivity contribution in [3.8, 4) is 5.75 Å². The zero-order chi connectivity index (χ0) is 14.9. The largest absolute Gasteiger partial charge is 0.505 e. The lowest BCUT2D eigenvalue weighted by Gasteiger charge is -2.09. The van der Waals surface area contributed by atoms with Crippen molar-refractivity contribution in [3.05, 3.63) is 51.8 Å². The molecule has 0 unspecified atom stereocenters. The molecule has 0 bridgehead atoms. The van der Waals surface area contributed by atoms with Gasteiger partial charge in [0.2, 0.25) is 0 Å². The second-order valence-corrected chi connectivity index (χ2v) is 4.76. The van der Waals surface area contributed by atoms with Crippen LogP contribution >= 0.6 is 23.2 Å². The molecule has 4 nitrogen and oxygen atoms in total. The highest BCUT2D eigenvalue weighted by Gasteiger charge is 2.14. The molecule has 2 aromatic carbocycles. The normalized spacial score (nSPS) is 10.3. The van der Waals surface area contributed by atoms with E-state index in [2.05, 4.69) is 5.32 Å². The van der Waals surface area contributed by atoms with E-state index in [9.17, 15) is 14.3 Å². The van der Waals surface area contributed by atoms with E-state index in [0.717, 1.165) is 6.07 Å². The Kier molecular flexibility index (Phi) is 4.01. The molecule has 20 heavy (non-hydrogen) atoms. The first-order valence-electron chi connectivity index (χ1n) is 5.43. The molecule has 0 spiro atoms. The smallest absolute Gasteiger partial charge is 0.257 e. The van der Waals surface area contributed by atoms with Gasteiger partial charge in [-0.25, -0.2) is 4.39 Å². The minimum absolute atomic E-state index is 0.00896. The number of carbonyl (C=O) groups is 1. The third kappa shape index (κ3) is 2.79. The van der Waals surface area contributed by atoms with Crippen molar-refractivity contribution >= 4 is 40.5 Å². The molecule has 2 rings (SSSR count). The fourth-order valence-electron chi connectivity index (χ4n) is 1.57. The Labute approximate surface area is 123 Å². The lowest BCUT2D eigenvalue weighted by Crippen LogP contribution is -2.14. The number of phenols is 1. The minimum Gasteiger partial charge on any atom is -0.505 e. The SMILES string of the molecule is Nc1c(F)cccc1C(=O)Nc1cc(Cl)c(O)c(Cl)c1. The van der Waals surface area contributed by atoms with E-state index >= 15 is 0 Å². The standard InChI is InChI=1S/C13H9Cl2FN2O2/c14-8-4-6(5-9(15)12(8)19)18-13(20)7-2-1-3-10(16)11(7)17/h1-5,19H,17H2,(H,18,20). The van der Waals surface area contributed by atoms with Gasteiger partial charge in [-0.1, -0.05) is 29.3 Å². The predicted molar refractivity (Wildman–Crippen MR) is 76.9 cm³/mol. The number of para-hydroxylation sites is 1. The molecule has 104 valence electrons. The monoisotopic (exact) mass is 314 g/mol. The number of nitrogens with one attached hydrogen (secondary N) is 1. The Hall–Kier alpha value is -1.98. The zero-order valence-electron chi connectivity index (χ0n) is 9.95. The quantitative estimate of drug-likeness (QED) is 0.584. The summed E-state index contributed by atoms with van der Waals surface area (Å²) in [6.45, 7) is 0. The van der Waals surface area contributed by atoms with Crippen molar-refractivity contribution in [1.29, 1.82) is 0 Å². The van der Waals surface area contributed by atoms with Crippen molar-refractivity contribution in [2.24, 2.45) is 0 Å². The van der Waals surface area contributed by atoms with Crippen LogP contribution in [0.5, 0.6) is 5.75 Å². The first-order valence-corrected chi connectivity index (χ1v) is 6.19. The molecule has 4 N–H and O–H groups in total. The number of aromatic hydroxyl groups is 1. The van der Waals surface area contributed by atoms with Gasteiger partial charge in [0, 0.05) is 5.69 Å². The van der Waals surface area contributed by atoms with E-state index in [0.29, 0.717) is 0 Å². The van der Waals surface area contributed by atoms with E-state index in [1.54, 1.807) is 0 Å². The zero-order valence-corrected chi connectivity index (χ0v) is 11.5. The number of amides is 1. The minimum atomic E-state index is -0.681. The molecular formula is C13H9Cl2FN2O2. The molecule has 0 saturated heterocycles. The summed E-state index contributed by atoms with van der Waals surface area (Å²) in [7, 11) is 0. The molecule has 0 aliphatic heterocycles. The molecule has 0 heterocycles. The van der Waals surface area contributed by atoms with Crippen LogP contribution in [0.2, 0.25) is 10.0 Å². The van der Waals surface area contributed by atoms with Gasteiger partial charge >= 0.3 is 0 Å². The van der Waals surface area contributed by atoms with Crippen molar-refractivity contribution in [2.45, 2.75) is 0 Å². The fraction of sp³-hybridized carbons (Fsp3) is 0. The summed E-state index contributed by atoms with van der Waals surface area (Å²) in [5.74, 6) is -1.57. The van der Waals surface area contributed by atoms with E-state index in [-0.39, 0.29) is 32.7 Å². The Bertz CT molecular complexity index is 669. The molecule has 0 aliphatic rings. The third-order valence-electron chi connectivity index (χ3n) is 2.57. The number of halogens is 3. The van der Waals surface area contributed by atoms with Crippen molar-refractivity contribution in [3.63, 3.8) is 0 Å². The molecule has 0 aromatic heterocycles. The number of carbonyl (C=O) groups excluding carboxylic acids is 1. The van der Waals surface area contributed by atoms with E-state index < -0.39 is 11.7 Å². The number of hydrogen-bond donors (Lipinski definition) is 3. The van der Waals surface area contributed by atoms with Crippen LogP contribution in [-0.2, 0) is 0 Å². The number of nitrogen functional groups attached to an aromatic ring is 1. The fourth-order valence-corrected chi connectivity index (χ4v) is 2.06. The Morgan fingerprint density at radius 2 is 1.85 bits per heavy atom. The average Bonchev–Trinajstić information content (AvgIpc) is 2.39. The Balaban J connectivity index is 2.30. The predicted octanol–water partition coefficient (Wildman–Crippen LogP) is 3.67. The lowest BCUT2D eigenvalue weighted by molar-refractivity contribution is 0.102. The number of hydrogen-bond acceptors (Lipinski definition) is 3. The molecule has 7 heteroatoms. The van der Waals surface area contributed by atoms with Crippen LogP contribution < -0.4 is 11.1 Å². The van der Waals surface area contributed by atoms with Crippen LogP contribution in [0.25, 0.3) is 0 Å². The molecule has 1 amide bonds. The summed E-state index contributed by atoms with van der Waals surface area (Å²) in [4.78, 5) is 12.0. The molecule has 0 saturated carbocycles. The lowest BCUT2D eigenvalue weighted by atomic mass is 10.1. The summed E-state index contributed by atoms with van der Waals surface area (Å²) in [6, 6.07) is 6.54. The van der Waals surface area contributed by atoms with Crippen molar-refractivity contribution < 1.29 is 14.3 Å². The molecule has 0 fully saturated rings. The van der Waals surface area contributed by atoms with E-state index in [1.165, 1.54) is 24.3 Å². The number of rotatable bonds is 2. The van der Waals surface area contributed by atoms with Gasteiger partial charge in [0.05, 0.1) is 21.3 Å². The van der Waals surface area contributed by atoms with Gasteiger partial charge in [-0.15, -0.1) is 0 Å². The summed E-state index contributed by atoms with van der Waals surface area (Å²) >= 11 is 11.5. The molecule has 0 atom stereocenters. The van der Waals surface area contributed by atoms with Crippen LogP contribution in [0.3, 0.4) is 0 Å². The second-order valence-electron chi connectivity index (χ2n) is 3.94. The summed E-state index contributed by atoms with van der Waals surface area (Å²) < 4.78 is 13.3. The highest BCUT2D eigenvalue weighted by molar-refractivity contribution is 6.37. The number of nitrogens with two attached hydrogens (primary N) is 1. The Morgan fingerprint density at radius 3 is 2.45 bits per heavy atom. The average molecular weight is 315 g/mol. The summed E-state index contributed by atoms with van der Waals surface area (Å²) in [5, 5.41) is 11.9. The van der Waals surface area contributed by atoms with Crippen LogP contribution in [0, 0.1) is 5.82 Å². The summed E-state index contributed by atoms with van der Waals surface area (Å²) in [6.07, 6.45) is 0. The maximum absolute atomic E-state index is 13.3. The second kappa shape index (κ2) is 5.56. The maximum atomic E-state index is 13.3. The highest BCUT2D eigenvalue weighted by atomic mass is 35.5.